The molecule has 1 amide bonds. The smallest absolute Gasteiger partial charge is 0.341 e. The number of amides is 1. The van der Waals surface area contributed by atoms with Gasteiger partial charge in [-0.2, -0.15) is 18.3 Å². The number of alkyl halides is 3. The third kappa shape index (κ3) is 4.90. The summed E-state index contributed by atoms with van der Waals surface area (Å²) in [6.07, 6.45) is -3.22. The minimum Gasteiger partial charge on any atom is -0.341 e. The molecule has 0 radical (unpaired) electrons. The summed E-state index contributed by atoms with van der Waals surface area (Å²) in [5, 5.41) is 7.75. The van der Waals surface area contributed by atoms with Crippen LogP contribution in [0.1, 0.15) is 33.0 Å². The molecule has 4 aromatic rings. The maximum absolute atomic E-state index is 13.1. The van der Waals surface area contributed by atoms with Crippen LogP contribution in [0.25, 0.3) is 21.5 Å². The van der Waals surface area contributed by atoms with Crippen molar-refractivity contribution in [2.75, 3.05) is 13.6 Å². The van der Waals surface area contributed by atoms with Crippen LogP contribution in [0.2, 0.25) is 0 Å². The molecule has 0 fully saturated rings. The number of carbonyl (C=O) groups is 1. The largest absolute Gasteiger partial charge is 0.433 e. The number of H-pyrrole nitrogens is 1. The third-order valence-corrected chi connectivity index (χ3v) is 6.54. The van der Waals surface area contributed by atoms with Crippen LogP contribution in [0.5, 0.6) is 0 Å². The maximum atomic E-state index is 13.1. The van der Waals surface area contributed by atoms with Crippen LogP contribution in [0.3, 0.4) is 0 Å². The summed E-state index contributed by atoms with van der Waals surface area (Å²) in [5.74, 6) is -0.562. The van der Waals surface area contributed by atoms with Crippen molar-refractivity contribution in [3.05, 3.63) is 70.1 Å². The first kappa shape index (κ1) is 22.9. The number of thiophene rings is 1. The van der Waals surface area contributed by atoms with Gasteiger partial charge in [0.1, 0.15) is 16.3 Å². The van der Waals surface area contributed by atoms with Crippen molar-refractivity contribution >= 4 is 27.5 Å². The summed E-state index contributed by atoms with van der Waals surface area (Å²) in [6, 6.07) is 10.2. The number of carbonyl (C=O) groups excluding carboxylic acids is 1. The lowest BCUT2D eigenvalue weighted by Crippen LogP contribution is -2.27. The Bertz CT molecular complexity index is 1290. The molecule has 0 atom stereocenters. The Balaban J connectivity index is 1.39. The number of nitrogens with zero attached hydrogens (tertiary/aromatic N) is 3. The molecule has 3 aromatic heterocycles. The number of benzene rings is 1. The number of aryl methyl sites for hydroxylation is 2. The Morgan fingerprint density at radius 3 is 2.58 bits per heavy atom. The van der Waals surface area contributed by atoms with Crippen molar-refractivity contribution in [2.45, 2.75) is 25.9 Å². The molecule has 0 spiro atoms. The van der Waals surface area contributed by atoms with Gasteiger partial charge in [0.2, 0.25) is 0 Å². The third-order valence-electron chi connectivity index (χ3n) is 5.35. The predicted octanol–water partition coefficient (Wildman–Crippen LogP) is 5.86. The highest BCUT2D eigenvalue weighted by Gasteiger charge is 2.33. The lowest BCUT2D eigenvalue weighted by atomic mass is 10.1. The number of aromatic amines is 1. The van der Waals surface area contributed by atoms with Gasteiger partial charge in [-0.15, -0.1) is 11.3 Å². The number of rotatable bonds is 6. The molecule has 33 heavy (non-hydrogen) atoms. The van der Waals surface area contributed by atoms with Crippen LogP contribution >= 0.6 is 11.3 Å². The zero-order chi connectivity index (χ0) is 23.8. The SMILES string of the molecule is Cc1c(C(=O)N(C)CCCc2cc(-c3ccc(F)cc3)n[nH]2)sc2nc(C(F)(F)F)ccc12. The molecule has 1 N–H and O–H groups in total. The first-order valence-corrected chi connectivity index (χ1v) is 11.0. The van der Waals surface area contributed by atoms with E-state index in [9.17, 15) is 22.4 Å². The summed E-state index contributed by atoms with van der Waals surface area (Å²) in [7, 11) is 1.66. The van der Waals surface area contributed by atoms with Crippen molar-refractivity contribution in [3.63, 3.8) is 0 Å². The van der Waals surface area contributed by atoms with Crippen molar-refractivity contribution in [3.8, 4) is 11.3 Å². The molecule has 0 bridgehead atoms. The second kappa shape index (κ2) is 8.93. The molecular formula is C23H20F4N4OS. The summed E-state index contributed by atoms with van der Waals surface area (Å²) in [4.78, 5) is 18.7. The Hall–Kier alpha value is -3.27. The highest BCUT2D eigenvalue weighted by Crippen LogP contribution is 2.34. The van der Waals surface area contributed by atoms with Gasteiger partial charge in [0.05, 0.1) is 10.6 Å². The van der Waals surface area contributed by atoms with E-state index >= 15 is 0 Å². The Morgan fingerprint density at radius 1 is 1.15 bits per heavy atom. The minimum absolute atomic E-state index is 0.199. The van der Waals surface area contributed by atoms with E-state index in [4.69, 9.17) is 0 Å². The fourth-order valence-electron chi connectivity index (χ4n) is 3.50. The van der Waals surface area contributed by atoms with Crippen molar-refractivity contribution in [1.82, 2.24) is 20.1 Å². The van der Waals surface area contributed by atoms with E-state index in [1.807, 2.05) is 6.07 Å². The molecule has 3 heterocycles. The molecule has 1 aromatic carbocycles. The molecule has 5 nitrogen and oxygen atoms in total. The Morgan fingerprint density at radius 2 is 1.88 bits per heavy atom. The van der Waals surface area contributed by atoms with Gasteiger partial charge in [0.25, 0.3) is 5.91 Å². The van der Waals surface area contributed by atoms with E-state index in [0.717, 1.165) is 28.7 Å². The van der Waals surface area contributed by atoms with Crippen LogP contribution in [0, 0.1) is 12.7 Å². The normalized spacial score (nSPS) is 11.8. The van der Waals surface area contributed by atoms with Gasteiger partial charge in [0, 0.05) is 30.2 Å². The monoisotopic (exact) mass is 476 g/mol. The summed E-state index contributed by atoms with van der Waals surface area (Å²) in [5.41, 5.74) is 2.06. The first-order chi connectivity index (χ1) is 15.6. The van der Waals surface area contributed by atoms with Crippen molar-refractivity contribution < 1.29 is 22.4 Å². The second-order valence-electron chi connectivity index (χ2n) is 7.72. The molecule has 4 rings (SSSR count). The van der Waals surface area contributed by atoms with E-state index in [0.29, 0.717) is 40.9 Å². The van der Waals surface area contributed by atoms with Gasteiger partial charge in [-0.05, 0) is 67.8 Å². The first-order valence-electron chi connectivity index (χ1n) is 10.2. The number of nitrogens with one attached hydrogen (secondary N) is 1. The van der Waals surface area contributed by atoms with Crippen LogP contribution in [-0.4, -0.2) is 39.6 Å². The second-order valence-corrected chi connectivity index (χ2v) is 8.72. The predicted molar refractivity (Wildman–Crippen MR) is 119 cm³/mol. The van der Waals surface area contributed by atoms with Crippen molar-refractivity contribution in [1.29, 1.82) is 0 Å². The van der Waals surface area contributed by atoms with Gasteiger partial charge in [-0.1, -0.05) is 0 Å². The lowest BCUT2D eigenvalue weighted by Gasteiger charge is -2.16. The minimum atomic E-state index is -4.53. The standard InChI is InChI=1S/C23H20F4N4OS/c1-13-17-9-10-19(23(25,26)27)28-21(17)33-20(13)22(32)31(2)11-3-4-16-12-18(30-29-16)14-5-7-15(24)8-6-14/h5-10,12H,3-4,11H2,1-2H3,(H,29,30). The molecule has 10 heteroatoms. The fourth-order valence-corrected chi connectivity index (χ4v) is 4.68. The lowest BCUT2D eigenvalue weighted by molar-refractivity contribution is -0.140. The summed E-state index contributed by atoms with van der Waals surface area (Å²) >= 11 is 0.977. The zero-order valence-electron chi connectivity index (χ0n) is 17.8. The van der Waals surface area contributed by atoms with Gasteiger partial charge >= 0.3 is 6.18 Å². The maximum Gasteiger partial charge on any atom is 0.433 e. The number of fused-ring (bicyclic) bond motifs is 1. The molecule has 0 saturated heterocycles. The zero-order valence-corrected chi connectivity index (χ0v) is 18.6. The highest BCUT2D eigenvalue weighted by molar-refractivity contribution is 7.20. The number of pyridine rings is 1. The average molecular weight is 476 g/mol. The van der Waals surface area contributed by atoms with E-state index in [2.05, 4.69) is 15.2 Å². The molecule has 0 aliphatic carbocycles. The van der Waals surface area contributed by atoms with Crippen LogP contribution in [-0.2, 0) is 12.6 Å². The topological polar surface area (TPSA) is 61.9 Å². The van der Waals surface area contributed by atoms with Crippen LogP contribution in [0.15, 0.2) is 42.5 Å². The van der Waals surface area contributed by atoms with Gasteiger partial charge in [0.15, 0.2) is 0 Å². The van der Waals surface area contributed by atoms with E-state index < -0.39 is 11.9 Å². The van der Waals surface area contributed by atoms with E-state index in [1.165, 1.54) is 18.2 Å². The van der Waals surface area contributed by atoms with E-state index in [-0.39, 0.29) is 16.6 Å². The molecule has 0 saturated carbocycles. The summed E-state index contributed by atoms with van der Waals surface area (Å²) < 4.78 is 51.9. The van der Waals surface area contributed by atoms with E-state index in [1.54, 1.807) is 31.0 Å². The van der Waals surface area contributed by atoms with Crippen LogP contribution < -0.4 is 0 Å². The fraction of sp³-hybridized carbons (Fsp3) is 0.261. The van der Waals surface area contributed by atoms with Crippen molar-refractivity contribution in [2.24, 2.45) is 0 Å². The molecular weight excluding hydrogens is 456 g/mol. The Kier molecular flexibility index (Phi) is 6.20. The van der Waals surface area contributed by atoms with Gasteiger partial charge in [-0.25, -0.2) is 9.37 Å². The number of hydrogen-bond acceptors (Lipinski definition) is 4. The average Bonchev–Trinajstić information content (AvgIpc) is 3.37. The summed E-state index contributed by atoms with van der Waals surface area (Å²) in [6.45, 7) is 2.18. The molecule has 172 valence electrons. The molecule has 0 aliphatic heterocycles. The van der Waals surface area contributed by atoms with Gasteiger partial charge < -0.3 is 4.90 Å². The number of aromatic nitrogens is 3. The van der Waals surface area contributed by atoms with Crippen LogP contribution in [0.4, 0.5) is 17.6 Å². The number of hydrogen-bond donors (Lipinski definition) is 1. The molecule has 0 aliphatic rings. The van der Waals surface area contributed by atoms with Gasteiger partial charge in [-0.3, -0.25) is 9.89 Å². The highest BCUT2D eigenvalue weighted by atomic mass is 32.1. The molecule has 0 unspecified atom stereocenters. The quantitative estimate of drug-likeness (QED) is 0.355. The Labute approximate surface area is 191 Å². The number of halogens is 4.